The summed E-state index contributed by atoms with van der Waals surface area (Å²) in [7, 11) is 0. The summed E-state index contributed by atoms with van der Waals surface area (Å²) in [6.45, 7) is 5.68. The van der Waals surface area contributed by atoms with Gasteiger partial charge >= 0.3 is 0 Å². The topological polar surface area (TPSA) is 83.9 Å². The summed E-state index contributed by atoms with van der Waals surface area (Å²) in [5, 5.41) is 12.1. The van der Waals surface area contributed by atoms with Crippen LogP contribution < -0.4 is 5.32 Å². The highest BCUT2D eigenvalue weighted by atomic mass is 32.1. The summed E-state index contributed by atoms with van der Waals surface area (Å²) in [5.74, 6) is -0.152. The number of hydrogen-bond donors (Lipinski definition) is 1. The Kier molecular flexibility index (Phi) is 5.47. The summed E-state index contributed by atoms with van der Waals surface area (Å²) in [6.07, 6.45) is 1.86. The van der Waals surface area contributed by atoms with E-state index in [9.17, 15) is 4.79 Å². The zero-order valence-electron chi connectivity index (χ0n) is 17.3. The van der Waals surface area contributed by atoms with Crippen molar-refractivity contribution in [3.8, 4) is 10.7 Å². The maximum Gasteiger partial charge on any atom is 0.223 e. The third-order valence-corrected chi connectivity index (χ3v) is 7.36. The van der Waals surface area contributed by atoms with E-state index in [1.807, 2.05) is 11.6 Å². The molecule has 4 aromatic rings. The van der Waals surface area contributed by atoms with Crippen LogP contribution in [0.25, 0.3) is 20.9 Å². The summed E-state index contributed by atoms with van der Waals surface area (Å²) < 4.78 is 1.23. The number of carbonyl (C=O) groups excluding carboxylic acids is 1. The van der Waals surface area contributed by atoms with E-state index in [0.29, 0.717) is 11.2 Å². The first-order valence-electron chi connectivity index (χ1n) is 10.2. The Morgan fingerprint density at radius 3 is 2.90 bits per heavy atom. The molecule has 1 aliphatic heterocycles. The number of hydrogen-bond acceptors (Lipinski definition) is 8. The van der Waals surface area contributed by atoms with Crippen LogP contribution in [0.15, 0.2) is 35.8 Å². The number of fused-ring (bicyclic) bond motifs is 2. The molecule has 1 atom stereocenters. The van der Waals surface area contributed by atoms with E-state index in [2.05, 4.69) is 56.6 Å². The van der Waals surface area contributed by atoms with Crippen LogP contribution in [0, 0.1) is 0 Å². The minimum absolute atomic E-state index is 0.152. The number of nitrogens with one attached hydrogen (secondary N) is 1. The zero-order valence-corrected chi connectivity index (χ0v) is 19.0. The van der Waals surface area contributed by atoms with Gasteiger partial charge in [-0.05, 0) is 42.7 Å². The molecule has 1 N–H and O–H groups in total. The molecule has 4 heterocycles. The second kappa shape index (κ2) is 8.41. The third kappa shape index (κ3) is 4.21. The highest BCUT2D eigenvalue weighted by molar-refractivity contribution is 7.18. The lowest BCUT2D eigenvalue weighted by Gasteiger charge is -2.27. The van der Waals surface area contributed by atoms with Crippen molar-refractivity contribution in [3.63, 3.8) is 0 Å². The van der Waals surface area contributed by atoms with Crippen molar-refractivity contribution in [1.29, 1.82) is 0 Å². The fraction of sp³-hybridized carbons (Fsp3) is 0.318. The molecule has 7 nitrogen and oxygen atoms in total. The van der Waals surface area contributed by atoms with E-state index in [-0.39, 0.29) is 5.91 Å². The fourth-order valence-electron chi connectivity index (χ4n) is 3.98. The van der Waals surface area contributed by atoms with Gasteiger partial charge in [-0.2, -0.15) is 0 Å². The maximum atomic E-state index is 11.2. The van der Waals surface area contributed by atoms with Crippen LogP contribution in [-0.4, -0.2) is 44.1 Å². The average Bonchev–Trinajstić information content (AvgIpc) is 3.37. The van der Waals surface area contributed by atoms with E-state index in [4.69, 9.17) is 4.98 Å². The molecule has 5 rings (SSSR count). The molecular formula is C22H22N6OS2. The molecule has 0 saturated carbocycles. The van der Waals surface area contributed by atoms with Crippen molar-refractivity contribution in [2.75, 3.05) is 18.4 Å². The van der Waals surface area contributed by atoms with E-state index < -0.39 is 0 Å². The molecular weight excluding hydrogens is 428 g/mol. The largest absolute Gasteiger partial charge is 0.301 e. The molecule has 1 aliphatic rings. The van der Waals surface area contributed by atoms with Crippen molar-refractivity contribution in [2.24, 2.45) is 0 Å². The Hall–Kier alpha value is -2.75. The van der Waals surface area contributed by atoms with Gasteiger partial charge in [0.2, 0.25) is 11.0 Å². The Morgan fingerprint density at radius 1 is 1.16 bits per heavy atom. The minimum atomic E-state index is -0.152. The molecule has 0 bridgehead atoms. The lowest BCUT2D eigenvalue weighted by Crippen LogP contribution is -2.29. The van der Waals surface area contributed by atoms with Crippen LogP contribution in [0.3, 0.4) is 0 Å². The van der Waals surface area contributed by atoms with Gasteiger partial charge in [0, 0.05) is 38.2 Å². The fourth-order valence-corrected chi connectivity index (χ4v) is 5.40. The number of rotatable bonds is 4. The highest BCUT2D eigenvalue weighted by Gasteiger charge is 2.22. The molecule has 1 unspecified atom stereocenters. The monoisotopic (exact) mass is 450 g/mol. The molecule has 31 heavy (non-hydrogen) atoms. The smallest absolute Gasteiger partial charge is 0.223 e. The van der Waals surface area contributed by atoms with Gasteiger partial charge in [-0.15, -0.1) is 21.5 Å². The number of benzene rings is 1. The van der Waals surface area contributed by atoms with Gasteiger partial charge in [0.05, 0.1) is 15.7 Å². The zero-order chi connectivity index (χ0) is 21.4. The number of pyridine rings is 1. The van der Waals surface area contributed by atoms with Crippen LogP contribution in [0.2, 0.25) is 0 Å². The Labute approximate surface area is 188 Å². The first-order chi connectivity index (χ1) is 15.1. The number of carbonyl (C=O) groups is 1. The van der Waals surface area contributed by atoms with E-state index in [0.717, 1.165) is 47.8 Å². The molecule has 0 spiro atoms. The lowest BCUT2D eigenvalue weighted by molar-refractivity contribution is -0.114. The number of nitrogens with zero attached hydrogens (tertiary/aromatic N) is 5. The maximum absolute atomic E-state index is 11.2. The first kappa shape index (κ1) is 20.2. The van der Waals surface area contributed by atoms with Gasteiger partial charge in [-0.3, -0.25) is 9.69 Å². The molecule has 158 valence electrons. The van der Waals surface area contributed by atoms with Crippen molar-refractivity contribution < 1.29 is 4.79 Å². The van der Waals surface area contributed by atoms with Crippen molar-refractivity contribution in [1.82, 2.24) is 25.1 Å². The van der Waals surface area contributed by atoms with Crippen LogP contribution in [-0.2, 0) is 17.6 Å². The molecule has 0 radical (unpaired) electrons. The average molecular weight is 451 g/mol. The summed E-state index contributed by atoms with van der Waals surface area (Å²) in [4.78, 5) is 23.1. The molecule has 0 saturated heterocycles. The Balaban J connectivity index is 1.33. The summed E-state index contributed by atoms with van der Waals surface area (Å²) >= 11 is 3.02. The van der Waals surface area contributed by atoms with E-state index >= 15 is 0 Å². The Morgan fingerprint density at radius 2 is 2.03 bits per heavy atom. The predicted octanol–water partition coefficient (Wildman–Crippen LogP) is 4.33. The third-order valence-electron chi connectivity index (χ3n) is 5.68. The number of anilines is 1. The van der Waals surface area contributed by atoms with Crippen LogP contribution in [0.1, 0.15) is 36.7 Å². The molecule has 9 heteroatoms. The summed E-state index contributed by atoms with van der Waals surface area (Å²) in [6, 6.07) is 11.1. The normalized spacial score (nSPS) is 15.4. The van der Waals surface area contributed by atoms with Crippen LogP contribution in [0.5, 0.6) is 0 Å². The number of amides is 1. The van der Waals surface area contributed by atoms with Crippen molar-refractivity contribution in [3.05, 3.63) is 52.7 Å². The second-order valence-electron chi connectivity index (χ2n) is 7.69. The van der Waals surface area contributed by atoms with Crippen molar-refractivity contribution in [2.45, 2.75) is 32.7 Å². The molecule has 0 fully saturated rings. The molecule has 1 aromatic carbocycles. The predicted molar refractivity (Wildman–Crippen MR) is 124 cm³/mol. The quantitative estimate of drug-likeness (QED) is 0.498. The lowest BCUT2D eigenvalue weighted by atomic mass is 10.1. The van der Waals surface area contributed by atoms with Crippen molar-refractivity contribution >= 4 is 43.9 Å². The van der Waals surface area contributed by atoms with Crippen LogP contribution >= 0.6 is 22.7 Å². The molecule has 1 amide bonds. The standard InChI is InChI=1S/C22H22N6OS2/c1-13(16-4-6-20-19(11-16)23-12-30-20)28-9-7-15-3-5-18(25-17(15)8-10-28)21-26-27-22(31-21)24-14(2)29/h3-6,11-13H,7-10H2,1-2H3,(H,24,27,29). The van der Waals surface area contributed by atoms with Gasteiger partial charge in [0.25, 0.3) is 0 Å². The molecule has 0 aliphatic carbocycles. The SMILES string of the molecule is CC(=O)Nc1nnc(-c2ccc3c(n2)CCN(C(C)c2ccc4scnc4c2)CC3)s1. The first-order valence-corrected chi connectivity index (χ1v) is 11.9. The highest BCUT2D eigenvalue weighted by Crippen LogP contribution is 2.30. The van der Waals surface area contributed by atoms with E-state index in [1.54, 1.807) is 11.3 Å². The number of aromatic nitrogens is 4. The van der Waals surface area contributed by atoms with Gasteiger partial charge in [-0.1, -0.05) is 23.5 Å². The summed E-state index contributed by atoms with van der Waals surface area (Å²) in [5.41, 5.74) is 7.51. The Bertz CT molecular complexity index is 1250. The van der Waals surface area contributed by atoms with Gasteiger partial charge < -0.3 is 5.32 Å². The minimum Gasteiger partial charge on any atom is -0.301 e. The number of thiazole rings is 1. The van der Waals surface area contributed by atoms with Gasteiger partial charge in [0.1, 0.15) is 5.69 Å². The van der Waals surface area contributed by atoms with E-state index in [1.165, 1.54) is 34.1 Å². The van der Waals surface area contributed by atoms with Gasteiger partial charge in [-0.25, -0.2) is 9.97 Å². The second-order valence-corrected chi connectivity index (χ2v) is 9.55. The van der Waals surface area contributed by atoms with Gasteiger partial charge in [0.15, 0.2) is 5.01 Å². The molecule has 3 aromatic heterocycles. The van der Waals surface area contributed by atoms with Crippen LogP contribution in [0.4, 0.5) is 5.13 Å².